The van der Waals surface area contributed by atoms with Crippen LogP contribution in [-0.2, 0) is 6.54 Å². The number of nitrogens with zero attached hydrogens (tertiary/aromatic N) is 6. The summed E-state index contributed by atoms with van der Waals surface area (Å²) >= 11 is 0. The molecule has 3 heterocycles. The zero-order chi connectivity index (χ0) is 24.5. The number of H-pyrrole nitrogens is 1. The third-order valence-electron chi connectivity index (χ3n) is 7.78. The molecule has 1 N–H and O–H groups in total. The lowest BCUT2D eigenvalue weighted by molar-refractivity contribution is 0.0989. The number of aromatic amines is 1. The fourth-order valence-electron chi connectivity index (χ4n) is 5.84. The second kappa shape index (κ2) is 9.95. The Kier molecular flexibility index (Phi) is 6.37. The van der Waals surface area contributed by atoms with Crippen molar-refractivity contribution < 1.29 is 0 Å². The van der Waals surface area contributed by atoms with Crippen molar-refractivity contribution in [2.45, 2.75) is 51.2 Å². The zero-order valence-corrected chi connectivity index (χ0v) is 20.8. The first kappa shape index (κ1) is 23.1. The Labute approximate surface area is 210 Å². The number of hydrogen-bond acceptors (Lipinski definition) is 6. The highest BCUT2D eigenvalue weighted by molar-refractivity contribution is 5.79. The first-order valence-electron chi connectivity index (χ1n) is 13.1. The molecule has 1 saturated carbocycles. The molecule has 2 aromatic carbocycles. The summed E-state index contributed by atoms with van der Waals surface area (Å²) < 4.78 is 2.01. The first-order chi connectivity index (χ1) is 17.7. The van der Waals surface area contributed by atoms with E-state index in [-0.39, 0.29) is 11.6 Å². The summed E-state index contributed by atoms with van der Waals surface area (Å²) in [6.45, 7) is 6.54. The van der Waals surface area contributed by atoms with Gasteiger partial charge in [-0.3, -0.25) is 14.6 Å². The minimum absolute atomic E-state index is 0.0641. The van der Waals surface area contributed by atoms with Crippen molar-refractivity contribution in [3.63, 3.8) is 0 Å². The van der Waals surface area contributed by atoms with Gasteiger partial charge in [0.15, 0.2) is 5.82 Å². The second-order valence-electron chi connectivity index (χ2n) is 10.3. The van der Waals surface area contributed by atoms with Gasteiger partial charge >= 0.3 is 0 Å². The monoisotopic (exact) mass is 483 g/mol. The molecule has 6 rings (SSSR count). The van der Waals surface area contributed by atoms with Crippen molar-refractivity contribution in [2.75, 3.05) is 26.2 Å². The Bertz CT molecular complexity index is 1380. The number of benzene rings is 2. The molecule has 36 heavy (non-hydrogen) atoms. The van der Waals surface area contributed by atoms with Crippen molar-refractivity contribution in [2.24, 2.45) is 0 Å². The summed E-state index contributed by atoms with van der Waals surface area (Å²) in [5, 5.41) is 14.1. The van der Waals surface area contributed by atoms with Crippen LogP contribution in [-0.4, -0.2) is 61.2 Å². The maximum atomic E-state index is 13.5. The Morgan fingerprint density at radius 3 is 2.56 bits per heavy atom. The molecule has 1 aliphatic heterocycles. The summed E-state index contributed by atoms with van der Waals surface area (Å²) in [5.41, 5.74) is 3.98. The van der Waals surface area contributed by atoms with Gasteiger partial charge in [0, 0.05) is 43.8 Å². The van der Waals surface area contributed by atoms with Crippen LogP contribution in [0.5, 0.6) is 0 Å². The molecule has 2 aromatic heterocycles. The van der Waals surface area contributed by atoms with Crippen LogP contribution in [0.4, 0.5) is 0 Å². The van der Waals surface area contributed by atoms with Gasteiger partial charge in [0.2, 0.25) is 0 Å². The third-order valence-corrected chi connectivity index (χ3v) is 7.78. The Hall–Kier alpha value is -3.36. The molecule has 1 atom stereocenters. The van der Waals surface area contributed by atoms with Crippen LogP contribution >= 0.6 is 0 Å². The number of rotatable bonds is 6. The van der Waals surface area contributed by atoms with E-state index in [9.17, 15) is 4.79 Å². The van der Waals surface area contributed by atoms with E-state index in [1.807, 2.05) is 23.7 Å². The molecular weight excluding hydrogens is 450 g/mol. The van der Waals surface area contributed by atoms with Crippen molar-refractivity contribution in [1.29, 1.82) is 0 Å². The SMILES string of the molecule is Cc1ccc2cc(C(c3nnnn3C3CCCC3)N3CCN(Cc4ccccc4)CC3)c(=O)[nH]c2c1. The Morgan fingerprint density at radius 2 is 1.78 bits per heavy atom. The van der Waals surface area contributed by atoms with Crippen LogP contribution in [0.1, 0.15) is 60.3 Å². The van der Waals surface area contributed by atoms with Gasteiger partial charge in [-0.1, -0.05) is 55.3 Å². The van der Waals surface area contributed by atoms with E-state index >= 15 is 0 Å². The van der Waals surface area contributed by atoms with Gasteiger partial charge in [0.25, 0.3) is 5.56 Å². The molecule has 1 saturated heterocycles. The second-order valence-corrected chi connectivity index (χ2v) is 10.3. The maximum absolute atomic E-state index is 13.5. The maximum Gasteiger partial charge on any atom is 0.253 e. The average Bonchev–Trinajstić information content (AvgIpc) is 3.59. The standard InChI is InChI=1S/C28H33N7O/c1-20-11-12-22-18-24(28(36)29-25(22)17-20)26(27-30-31-32-35(27)23-9-5-6-10-23)34-15-13-33(14-16-34)19-21-7-3-2-4-8-21/h2-4,7-8,11-12,17-18,23,26H,5-6,9-10,13-16,19H2,1H3,(H,29,36). The van der Waals surface area contributed by atoms with Crippen molar-refractivity contribution in [3.8, 4) is 0 Å². The van der Waals surface area contributed by atoms with Crippen molar-refractivity contribution in [1.82, 2.24) is 35.0 Å². The molecule has 2 aliphatic rings. The van der Waals surface area contributed by atoms with Crippen LogP contribution in [0.15, 0.2) is 59.4 Å². The van der Waals surface area contributed by atoms with Gasteiger partial charge in [-0.15, -0.1) is 5.10 Å². The highest BCUT2D eigenvalue weighted by Gasteiger charge is 2.34. The van der Waals surface area contributed by atoms with Gasteiger partial charge in [-0.25, -0.2) is 4.68 Å². The highest BCUT2D eigenvalue weighted by Crippen LogP contribution is 2.34. The number of nitrogens with one attached hydrogen (secondary N) is 1. The lowest BCUT2D eigenvalue weighted by atomic mass is 10.0. The number of aromatic nitrogens is 5. The largest absolute Gasteiger partial charge is 0.322 e. The van der Waals surface area contributed by atoms with E-state index in [2.05, 4.69) is 72.8 Å². The van der Waals surface area contributed by atoms with Crippen LogP contribution in [0, 0.1) is 6.92 Å². The molecule has 1 aliphatic carbocycles. The summed E-state index contributed by atoms with van der Waals surface area (Å²) in [5.74, 6) is 0.787. The first-order valence-corrected chi connectivity index (χ1v) is 13.1. The van der Waals surface area contributed by atoms with E-state index in [1.54, 1.807) is 0 Å². The minimum Gasteiger partial charge on any atom is -0.322 e. The van der Waals surface area contributed by atoms with Crippen LogP contribution < -0.4 is 5.56 Å². The summed E-state index contributed by atoms with van der Waals surface area (Å²) in [4.78, 5) is 21.5. The Morgan fingerprint density at radius 1 is 1.00 bits per heavy atom. The van der Waals surface area contributed by atoms with Gasteiger partial charge in [0.05, 0.1) is 6.04 Å². The van der Waals surface area contributed by atoms with Gasteiger partial charge in [0.1, 0.15) is 6.04 Å². The summed E-state index contributed by atoms with van der Waals surface area (Å²) in [6.07, 6.45) is 4.57. The highest BCUT2D eigenvalue weighted by atomic mass is 16.1. The number of fused-ring (bicyclic) bond motifs is 1. The minimum atomic E-state index is -0.283. The molecule has 2 fully saturated rings. The normalized spacial score (nSPS) is 18.7. The van der Waals surface area contributed by atoms with Crippen molar-refractivity contribution >= 4 is 10.9 Å². The number of tetrazole rings is 1. The van der Waals surface area contributed by atoms with Crippen LogP contribution in [0.3, 0.4) is 0 Å². The predicted octanol–water partition coefficient (Wildman–Crippen LogP) is 3.85. The molecule has 1 unspecified atom stereocenters. The fourth-order valence-corrected chi connectivity index (χ4v) is 5.84. The lowest BCUT2D eigenvalue weighted by Gasteiger charge is -2.39. The molecule has 0 amide bonds. The molecule has 0 radical (unpaired) electrons. The van der Waals surface area contributed by atoms with E-state index in [0.29, 0.717) is 6.04 Å². The fraction of sp³-hybridized carbons (Fsp3) is 0.429. The van der Waals surface area contributed by atoms with Gasteiger partial charge in [-0.05, 0) is 58.8 Å². The predicted molar refractivity (Wildman–Crippen MR) is 140 cm³/mol. The van der Waals surface area contributed by atoms with Gasteiger partial charge < -0.3 is 4.98 Å². The van der Waals surface area contributed by atoms with Crippen molar-refractivity contribution in [3.05, 3.63) is 87.5 Å². The van der Waals surface area contributed by atoms with Crippen LogP contribution in [0.2, 0.25) is 0 Å². The molecule has 186 valence electrons. The van der Waals surface area contributed by atoms with E-state index in [1.165, 1.54) is 18.4 Å². The molecule has 8 heteroatoms. The molecular formula is C28H33N7O. The molecule has 8 nitrogen and oxygen atoms in total. The average molecular weight is 484 g/mol. The number of aryl methyl sites for hydroxylation is 1. The number of piperazine rings is 1. The van der Waals surface area contributed by atoms with Crippen LogP contribution in [0.25, 0.3) is 10.9 Å². The topological polar surface area (TPSA) is 82.9 Å². The number of hydrogen-bond donors (Lipinski definition) is 1. The summed E-state index contributed by atoms with van der Waals surface area (Å²) in [7, 11) is 0. The van der Waals surface area contributed by atoms with E-state index in [4.69, 9.17) is 0 Å². The molecule has 0 spiro atoms. The quantitative estimate of drug-likeness (QED) is 0.449. The van der Waals surface area contributed by atoms with E-state index < -0.39 is 0 Å². The van der Waals surface area contributed by atoms with E-state index in [0.717, 1.165) is 73.4 Å². The Balaban J connectivity index is 1.34. The number of pyridine rings is 1. The zero-order valence-electron chi connectivity index (χ0n) is 20.8. The molecule has 4 aromatic rings. The molecule has 0 bridgehead atoms. The third kappa shape index (κ3) is 4.58. The van der Waals surface area contributed by atoms with Gasteiger partial charge in [-0.2, -0.15) is 0 Å². The lowest BCUT2D eigenvalue weighted by Crippen LogP contribution is -2.48. The smallest absolute Gasteiger partial charge is 0.253 e. The summed E-state index contributed by atoms with van der Waals surface area (Å²) in [6, 6.07) is 18.9.